The third kappa shape index (κ3) is 5.51. The van der Waals surface area contributed by atoms with Gasteiger partial charge in [0.25, 0.3) is 15.9 Å². The van der Waals surface area contributed by atoms with E-state index in [1.807, 2.05) is 25.5 Å². The van der Waals surface area contributed by atoms with Crippen molar-refractivity contribution < 1.29 is 22.8 Å². The van der Waals surface area contributed by atoms with Crippen molar-refractivity contribution in [2.75, 3.05) is 5.32 Å². The number of carbonyl (C=O) groups excluding carboxylic acids is 3. The molecule has 0 bridgehead atoms. The molecule has 0 aliphatic carbocycles. The highest BCUT2D eigenvalue weighted by molar-refractivity contribution is 7.90. The first-order chi connectivity index (χ1) is 13.5. The second-order valence-electron chi connectivity index (χ2n) is 7.28. The highest BCUT2D eigenvalue weighted by Gasteiger charge is 2.25. The Kier molecular flexibility index (Phi) is 6.58. The molecule has 154 valence electrons. The van der Waals surface area contributed by atoms with Gasteiger partial charge in [-0.25, -0.2) is 13.1 Å². The quantitative estimate of drug-likeness (QED) is 0.673. The lowest BCUT2D eigenvalue weighted by Crippen LogP contribution is -2.31. The van der Waals surface area contributed by atoms with Gasteiger partial charge in [0, 0.05) is 22.2 Å². The van der Waals surface area contributed by atoms with Crippen molar-refractivity contribution in [3.05, 3.63) is 59.7 Å². The zero-order valence-electron chi connectivity index (χ0n) is 16.8. The van der Waals surface area contributed by atoms with Crippen LogP contribution in [0.4, 0.5) is 5.69 Å². The Bertz CT molecular complexity index is 1020. The Hall–Kier alpha value is -3.00. The summed E-state index contributed by atoms with van der Waals surface area (Å²) in [6, 6.07) is 11.2. The summed E-state index contributed by atoms with van der Waals surface area (Å²) in [5.41, 5.74) is 0.454. The third-order valence-corrected chi connectivity index (χ3v) is 6.05. The van der Waals surface area contributed by atoms with Gasteiger partial charge < -0.3 is 5.32 Å². The van der Waals surface area contributed by atoms with Crippen LogP contribution >= 0.6 is 0 Å². The summed E-state index contributed by atoms with van der Waals surface area (Å²) in [6.45, 7) is 6.94. The zero-order chi connectivity index (χ0) is 21.8. The second-order valence-corrected chi connectivity index (χ2v) is 8.97. The maximum absolute atomic E-state index is 12.5. The molecule has 2 aromatic rings. The van der Waals surface area contributed by atoms with Gasteiger partial charge in [0.2, 0.25) is 5.91 Å². The zero-order valence-corrected chi connectivity index (χ0v) is 17.6. The number of nitrogens with one attached hydrogen (secondary N) is 2. The van der Waals surface area contributed by atoms with E-state index in [0.29, 0.717) is 17.7 Å². The van der Waals surface area contributed by atoms with Crippen LogP contribution < -0.4 is 10.0 Å². The Labute approximate surface area is 170 Å². The molecule has 2 amide bonds. The summed E-state index contributed by atoms with van der Waals surface area (Å²) in [4.78, 5) is 35.6. The van der Waals surface area contributed by atoms with Crippen molar-refractivity contribution in [3.8, 4) is 0 Å². The molecule has 29 heavy (non-hydrogen) atoms. The fourth-order valence-corrected chi connectivity index (χ4v) is 3.25. The van der Waals surface area contributed by atoms with Crippen molar-refractivity contribution in [2.45, 2.75) is 39.0 Å². The molecule has 0 saturated heterocycles. The third-order valence-electron chi connectivity index (χ3n) is 4.70. The van der Waals surface area contributed by atoms with E-state index in [0.717, 1.165) is 0 Å². The average Bonchev–Trinajstić information content (AvgIpc) is 2.68. The first-order valence-electron chi connectivity index (χ1n) is 9.06. The lowest BCUT2D eigenvalue weighted by atomic mass is 9.89. The molecule has 2 aromatic carbocycles. The van der Waals surface area contributed by atoms with E-state index < -0.39 is 21.3 Å². The fraction of sp³-hybridized carbons (Fsp3) is 0.286. The topological polar surface area (TPSA) is 109 Å². The summed E-state index contributed by atoms with van der Waals surface area (Å²) in [6.07, 6.45) is 0.657. The van der Waals surface area contributed by atoms with Crippen molar-refractivity contribution in [1.29, 1.82) is 0 Å². The van der Waals surface area contributed by atoms with E-state index in [-0.39, 0.29) is 22.1 Å². The molecule has 0 saturated carbocycles. The summed E-state index contributed by atoms with van der Waals surface area (Å²) >= 11 is 0. The number of hydrogen-bond donors (Lipinski definition) is 2. The van der Waals surface area contributed by atoms with Crippen molar-refractivity contribution >= 4 is 33.3 Å². The Morgan fingerprint density at radius 2 is 1.41 bits per heavy atom. The highest BCUT2D eigenvalue weighted by atomic mass is 32.2. The van der Waals surface area contributed by atoms with Gasteiger partial charge in [-0.3, -0.25) is 14.4 Å². The molecule has 7 nitrogen and oxygen atoms in total. The molecule has 0 aliphatic rings. The van der Waals surface area contributed by atoms with Gasteiger partial charge in [0.05, 0.1) is 4.90 Å². The van der Waals surface area contributed by atoms with Gasteiger partial charge in [-0.2, -0.15) is 0 Å². The molecule has 0 fully saturated rings. The normalized spacial score (nSPS) is 11.6. The summed E-state index contributed by atoms with van der Waals surface area (Å²) in [7, 11) is -4.09. The SMILES string of the molecule is CCC(C)(C)C(=O)Nc1ccc(S(=O)(=O)NC(=O)c2ccc(C(C)=O)cc2)cc1. The van der Waals surface area contributed by atoms with Crippen LogP contribution in [-0.4, -0.2) is 26.0 Å². The predicted octanol–water partition coefficient (Wildman–Crippen LogP) is 3.38. The molecular formula is C21H24N2O5S. The molecule has 2 rings (SSSR count). The molecule has 2 N–H and O–H groups in total. The van der Waals surface area contributed by atoms with Crippen LogP contribution in [0.15, 0.2) is 53.4 Å². The van der Waals surface area contributed by atoms with Crippen LogP contribution in [0.3, 0.4) is 0 Å². The molecule has 0 atom stereocenters. The van der Waals surface area contributed by atoms with E-state index in [1.54, 1.807) is 0 Å². The largest absolute Gasteiger partial charge is 0.326 e. The van der Waals surface area contributed by atoms with Crippen LogP contribution in [0.5, 0.6) is 0 Å². The summed E-state index contributed by atoms with van der Waals surface area (Å²) in [5.74, 6) is -1.13. The van der Waals surface area contributed by atoms with Gasteiger partial charge in [0.15, 0.2) is 5.78 Å². The van der Waals surface area contributed by atoms with Crippen LogP contribution in [-0.2, 0) is 14.8 Å². The number of sulfonamides is 1. The van der Waals surface area contributed by atoms with Gasteiger partial charge in [-0.1, -0.05) is 32.9 Å². The minimum Gasteiger partial charge on any atom is -0.326 e. The van der Waals surface area contributed by atoms with Crippen molar-refractivity contribution in [3.63, 3.8) is 0 Å². The van der Waals surface area contributed by atoms with Crippen LogP contribution in [0, 0.1) is 5.41 Å². The van der Waals surface area contributed by atoms with E-state index in [9.17, 15) is 22.8 Å². The standard InChI is InChI=1S/C21H24N2O5S/c1-5-21(3,4)20(26)22-17-10-12-18(13-11-17)29(27,28)23-19(25)16-8-6-15(7-9-16)14(2)24/h6-13H,5H2,1-4H3,(H,22,26)(H,23,25). The van der Waals surface area contributed by atoms with E-state index >= 15 is 0 Å². The van der Waals surface area contributed by atoms with Gasteiger partial charge in [-0.05, 0) is 49.7 Å². The maximum atomic E-state index is 12.5. The lowest BCUT2D eigenvalue weighted by molar-refractivity contribution is -0.124. The second kappa shape index (κ2) is 8.57. The van der Waals surface area contributed by atoms with Crippen molar-refractivity contribution in [2.24, 2.45) is 5.41 Å². The van der Waals surface area contributed by atoms with E-state index in [2.05, 4.69) is 5.32 Å². The molecule has 0 unspecified atom stereocenters. The smallest absolute Gasteiger partial charge is 0.264 e. The van der Waals surface area contributed by atoms with Crippen molar-refractivity contribution in [1.82, 2.24) is 4.72 Å². The number of hydrogen-bond acceptors (Lipinski definition) is 5. The first-order valence-corrected chi connectivity index (χ1v) is 10.5. The van der Waals surface area contributed by atoms with E-state index in [4.69, 9.17) is 0 Å². The Morgan fingerprint density at radius 1 is 0.897 bits per heavy atom. The first kappa shape index (κ1) is 22.3. The molecule has 0 aliphatic heterocycles. The Morgan fingerprint density at radius 3 is 1.90 bits per heavy atom. The number of benzene rings is 2. The van der Waals surface area contributed by atoms with Crippen LogP contribution in [0.1, 0.15) is 54.8 Å². The maximum Gasteiger partial charge on any atom is 0.264 e. The highest BCUT2D eigenvalue weighted by Crippen LogP contribution is 2.23. The number of amides is 2. The number of rotatable bonds is 7. The van der Waals surface area contributed by atoms with E-state index in [1.165, 1.54) is 55.5 Å². The fourth-order valence-electron chi connectivity index (χ4n) is 2.27. The Balaban J connectivity index is 2.11. The number of Topliss-reactive ketones (excluding diaryl/α,β-unsaturated/α-hetero) is 1. The summed E-state index contributed by atoms with van der Waals surface area (Å²) in [5, 5.41) is 2.74. The molecular weight excluding hydrogens is 392 g/mol. The van der Waals surface area contributed by atoms with Crippen LogP contribution in [0.2, 0.25) is 0 Å². The average molecular weight is 416 g/mol. The number of carbonyl (C=O) groups is 3. The minimum absolute atomic E-state index is 0.112. The molecule has 8 heteroatoms. The number of ketones is 1. The minimum atomic E-state index is -4.09. The molecule has 0 heterocycles. The monoisotopic (exact) mass is 416 g/mol. The summed E-state index contributed by atoms with van der Waals surface area (Å²) < 4.78 is 26.9. The molecule has 0 spiro atoms. The molecule has 0 radical (unpaired) electrons. The van der Waals surface area contributed by atoms with Gasteiger partial charge in [0.1, 0.15) is 0 Å². The van der Waals surface area contributed by atoms with Crippen LogP contribution in [0.25, 0.3) is 0 Å². The lowest BCUT2D eigenvalue weighted by Gasteiger charge is -2.21. The van der Waals surface area contributed by atoms with Gasteiger partial charge >= 0.3 is 0 Å². The predicted molar refractivity (Wildman–Crippen MR) is 110 cm³/mol. The molecule has 0 aromatic heterocycles. The number of anilines is 1. The van der Waals surface area contributed by atoms with Gasteiger partial charge in [-0.15, -0.1) is 0 Å².